The van der Waals surface area contributed by atoms with Crippen LogP contribution in [-0.4, -0.2) is 23.0 Å². The Morgan fingerprint density at radius 2 is 2.21 bits per heavy atom. The SMILES string of the molecule is COc1ccc(CNC(=O)c2ncccc2N)cn1. The van der Waals surface area contributed by atoms with Crippen LogP contribution in [-0.2, 0) is 6.54 Å². The summed E-state index contributed by atoms with van der Waals surface area (Å²) in [6, 6.07) is 6.88. The quantitative estimate of drug-likeness (QED) is 0.853. The van der Waals surface area contributed by atoms with Crippen molar-refractivity contribution in [2.45, 2.75) is 6.54 Å². The number of rotatable bonds is 4. The van der Waals surface area contributed by atoms with Gasteiger partial charge in [0.25, 0.3) is 5.91 Å². The standard InChI is InChI=1S/C13H14N4O2/c1-19-11-5-4-9(7-16-11)8-17-13(18)12-10(14)3-2-6-15-12/h2-7H,8,14H2,1H3,(H,17,18). The first-order valence-corrected chi connectivity index (χ1v) is 5.68. The lowest BCUT2D eigenvalue weighted by atomic mass is 10.2. The van der Waals surface area contributed by atoms with Crippen LogP contribution in [0.25, 0.3) is 0 Å². The van der Waals surface area contributed by atoms with Crippen molar-refractivity contribution < 1.29 is 9.53 Å². The van der Waals surface area contributed by atoms with Crippen molar-refractivity contribution in [3.8, 4) is 5.88 Å². The van der Waals surface area contributed by atoms with Gasteiger partial charge in [0.2, 0.25) is 5.88 Å². The van der Waals surface area contributed by atoms with Crippen LogP contribution in [0.2, 0.25) is 0 Å². The van der Waals surface area contributed by atoms with E-state index in [0.29, 0.717) is 18.1 Å². The molecule has 0 bridgehead atoms. The summed E-state index contributed by atoms with van der Waals surface area (Å²) in [6.07, 6.45) is 3.17. The number of nitrogens with zero attached hydrogens (tertiary/aromatic N) is 2. The number of nitrogens with two attached hydrogens (primary N) is 1. The predicted octanol–water partition coefficient (Wildman–Crippen LogP) is 0.997. The van der Waals surface area contributed by atoms with Crippen molar-refractivity contribution >= 4 is 11.6 Å². The molecule has 0 saturated heterocycles. The molecule has 2 heterocycles. The van der Waals surface area contributed by atoms with E-state index in [-0.39, 0.29) is 11.6 Å². The summed E-state index contributed by atoms with van der Waals surface area (Å²) in [7, 11) is 1.55. The predicted molar refractivity (Wildman–Crippen MR) is 70.6 cm³/mol. The highest BCUT2D eigenvalue weighted by Crippen LogP contribution is 2.08. The number of amides is 1. The third kappa shape index (κ3) is 3.19. The molecule has 2 aromatic heterocycles. The second-order valence-electron chi connectivity index (χ2n) is 3.83. The van der Waals surface area contributed by atoms with Gasteiger partial charge in [0.05, 0.1) is 12.8 Å². The van der Waals surface area contributed by atoms with Crippen LogP contribution < -0.4 is 15.8 Å². The van der Waals surface area contributed by atoms with Crippen molar-refractivity contribution in [2.24, 2.45) is 0 Å². The van der Waals surface area contributed by atoms with Gasteiger partial charge >= 0.3 is 0 Å². The number of methoxy groups -OCH3 is 1. The molecule has 6 nitrogen and oxygen atoms in total. The van der Waals surface area contributed by atoms with E-state index in [2.05, 4.69) is 15.3 Å². The van der Waals surface area contributed by atoms with Gasteiger partial charge in [-0.2, -0.15) is 0 Å². The molecule has 6 heteroatoms. The van der Waals surface area contributed by atoms with Crippen molar-refractivity contribution in [3.63, 3.8) is 0 Å². The number of hydrogen-bond donors (Lipinski definition) is 2. The van der Waals surface area contributed by atoms with Crippen molar-refractivity contribution in [1.29, 1.82) is 0 Å². The summed E-state index contributed by atoms with van der Waals surface area (Å²) in [5.74, 6) is 0.220. The van der Waals surface area contributed by atoms with E-state index in [9.17, 15) is 4.79 Å². The minimum absolute atomic E-state index is 0.226. The fourth-order valence-electron chi connectivity index (χ4n) is 1.51. The Hall–Kier alpha value is -2.63. The number of hydrogen-bond acceptors (Lipinski definition) is 5. The van der Waals surface area contributed by atoms with E-state index in [1.807, 2.05) is 6.07 Å². The second-order valence-corrected chi connectivity index (χ2v) is 3.83. The Labute approximate surface area is 110 Å². The molecule has 0 aliphatic heterocycles. The van der Waals surface area contributed by atoms with Crippen molar-refractivity contribution in [1.82, 2.24) is 15.3 Å². The first-order chi connectivity index (χ1) is 9.20. The van der Waals surface area contributed by atoms with Gasteiger partial charge in [-0.05, 0) is 17.7 Å². The Morgan fingerprint density at radius 3 is 2.84 bits per heavy atom. The lowest BCUT2D eigenvalue weighted by Gasteiger charge is -2.06. The van der Waals surface area contributed by atoms with Gasteiger partial charge in [0, 0.05) is 25.0 Å². The highest BCUT2D eigenvalue weighted by atomic mass is 16.5. The maximum atomic E-state index is 11.9. The van der Waals surface area contributed by atoms with Crippen LogP contribution in [0.1, 0.15) is 16.1 Å². The summed E-state index contributed by atoms with van der Waals surface area (Å²) in [4.78, 5) is 19.9. The summed E-state index contributed by atoms with van der Waals surface area (Å²) >= 11 is 0. The number of carbonyl (C=O) groups excluding carboxylic acids is 1. The molecule has 0 saturated carbocycles. The number of ether oxygens (including phenoxy) is 1. The van der Waals surface area contributed by atoms with Gasteiger partial charge in [0.15, 0.2) is 5.69 Å². The molecule has 2 aromatic rings. The minimum atomic E-state index is -0.311. The molecule has 2 rings (SSSR count). The third-order valence-electron chi connectivity index (χ3n) is 2.51. The van der Waals surface area contributed by atoms with Crippen LogP contribution >= 0.6 is 0 Å². The minimum Gasteiger partial charge on any atom is -0.481 e. The Morgan fingerprint density at radius 1 is 1.37 bits per heavy atom. The molecule has 0 radical (unpaired) electrons. The molecule has 0 aromatic carbocycles. The van der Waals surface area contributed by atoms with Crippen molar-refractivity contribution in [2.75, 3.05) is 12.8 Å². The average molecular weight is 258 g/mol. The smallest absolute Gasteiger partial charge is 0.272 e. The Kier molecular flexibility index (Phi) is 3.92. The van der Waals surface area contributed by atoms with Gasteiger partial charge in [0.1, 0.15) is 0 Å². The topological polar surface area (TPSA) is 90.1 Å². The molecule has 0 fully saturated rings. The number of anilines is 1. The number of nitrogen functional groups attached to an aromatic ring is 1. The molecule has 19 heavy (non-hydrogen) atoms. The lowest BCUT2D eigenvalue weighted by Crippen LogP contribution is -2.24. The van der Waals surface area contributed by atoms with E-state index >= 15 is 0 Å². The lowest BCUT2D eigenvalue weighted by molar-refractivity contribution is 0.0947. The van der Waals surface area contributed by atoms with Crippen LogP contribution in [0, 0.1) is 0 Å². The highest BCUT2D eigenvalue weighted by Gasteiger charge is 2.10. The van der Waals surface area contributed by atoms with Crippen molar-refractivity contribution in [3.05, 3.63) is 47.9 Å². The maximum Gasteiger partial charge on any atom is 0.272 e. The summed E-state index contributed by atoms with van der Waals surface area (Å²) in [5.41, 5.74) is 7.12. The van der Waals surface area contributed by atoms with Gasteiger partial charge < -0.3 is 15.8 Å². The van der Waals surface area contributed by atoms with E-state index in [0.717, 1.165) is 5.56 Å². The first-order valence-electron chi connectivity index (χ1n) is 5.68. The second kappa shape index (κ2) is 5.81. The molecule has 0 atom stereocenters. The summed E-state index contributed by atoms with van der Waals surface area (Å²) in [6.45, 7) is 0.353. The van der Waals surface area contributed by atoms with Gasteiger partial charge in [-0.25, -0.2) is 9.97 Å². The fraction of sp³-hybridized carbons (Fsp3) is 0.154. The molecular weight excluding hydrogens is 244 g/mol. The fourth-order valence-corrected chi connectivity index (χ4v) is 1.51. The van der Waals surface area contributed by atoms with Crippen LogP contribution in [0.4, 0.5) is 5.69 Å². The number of nitrogens with one attached hydrogen (secondary N) is 1. The Bertz CT molecular complexity index is 569. The summed E-state index contributed by atoms with van der Waals surface area (Å²) in [5, 5.41) is 2.73. The molecular formula is C13H14N4O2. The third-order valence-corrected chi connectivity index (χ3v) is 2.51. The summed E-state index contributed by atoms with van der Waals surface area (Å²) < 4.78 is 4.95. The van der Waals surface area contributed by atoms with Crippen LogP contribution in [0.5, 0.6) is 5.88 Å². The Balaban J connectivity index is 1.98. The molecule has 3 N–H and O–H groups in total. The van der Waals surface area contributed by atoms with Gasteiger partial charge in [-0.3, -0.25) is 4.79 Å². The highest BCUT2D eigenvalue weighted by molar-refractivity contribution is 5.96. The average Bonchev–Trinajstić information content (AvgIpc) is 2.46. The van der Waals surface area contributed by atoms with E-state index in [1.54, 1.807) is 31.5 Å². The molecule has 0 aliphatic carbocycles. The normalized spacial score (nSPS) is 9.95. The zero-order chi connectivity index (χ0) is 13.7. The van der Waals surface area contributed by atoms with Gasteiger partial charge in [-0.1, -0.05) is 6.07 Å². The number of carbonyl (C=O) groups is 1. The van der Waals surface area contributed by atoms with E-state index < -0.39 is 0 Å². The van der Waals surface area contributed by atoms with E-state index in [4.69, 9.17) is 10.5 Å². The largest absolute Gasteiger partial charge is 0.481 e. The first kappa shape index (κ1) is 12.8. The zero-order valence-electron chi connectivity index (χ0n) is 10.5. The molecule has 98 valence electrons. The zero-order valence-corrected chi connectivity index (χ0v) is 10.5. The molecule has 1 amide bonds. The molecule has 0 aliphatic rings. The van der Waals surface area contributed by atoms with E-state index in [1.165, 1.54) is 6.20 Å². The monoisotopic (exact) mass is 258 g/mol. The van der Waals surface area contributed by atoms with Crippen LogP contribution in [0.15, 0.2) is 36.7 Å². The number of pyridine rings is 2. The van der Waals surface area contributed by atoms with Crippen LogP contribution in [0.3, 0.4) is 0 Å². The van der Waals surface area contributed by atoms with Gasteiger partial charge in [-0.15, -0.1) is 0 Å². The maximum absolute atomic E-state index is 11.9. The number of aromatic nitrogens is 2. The molecule has 0 unspecified atom stereocenters. The molecule has 0 spiro atoms.